The van der Waals surface area contributed by atoms with Crippen molar-refractivity contribution < 1.29 is 4.79 Å². The summed E-state index contributed by atoms with van der Waals surface area (Å²) in [6.07, 6.45) is 9.57. The minimum absolute atomic E-state index is 0.116. The van der Waals surface area contributed by atoms with Gasteiger partial charge in [0.2, 0.25) is 0 Å². The first-order chi connectivity index (χ1) is 10.2. The molecule has 1 aliphatic carbocycles. The van der Waals surface area contributed by atoms with Gasteiger partial charge in [-0.3, -0.25) is 0 Å². The van der Waals surface area contributed by atoms with Gasteiger partial charge in [0.05, 0.1) is 0 Å². The van der Waals surface area contributed by atoms with Gasteiger partial charge in [0, 0.05) is 24.2 Å². The smallest absolute Gasteiger partial charge is 0.127 e. The Bertz CT molecular complexity index is 498. The van der Waals surface area contributed by atoms with Crippen molar-refractivity contribution in [3.05, 3.63) is 29.8 Å². The van der Waals surface area contributed by atoms with E-state index in [2.05, 4.69) is 36.1 Å². The molecule has 2 nitrogen and oxygen atoms in total. The van der Waals surface area contributed by atoms with Crippen molar-refractivity contribution in [3.8, 4) is 0 Å². The van der Waals surface area contributed by atoms with Crippen molar-refractivity contribution in [3.63, 3.8) is 0 Å². The molecule has 1 aromatic rings. The molecule has 0 N–H and O–H groups in total. The van der Waals surface area contributed by atoms with Crippen molar-refractivity contribution in [1.29, 1.82) is 0 Å². The maximum Gasteiger partial charge on any atom is 0.127 e. The van der Waals surface area contributed by atoms with Gasteiger partial charge in [0.1, 0.15) is 6.29 Å². The van der Waals surface area contributed by atoms with Gasteiger partial charge in [0.15, 0.2) is 0 Å². The SMILES string of the molecule is CC1CCCC(C=O)(CN2CCCCc3ccccc32)C1. The van der Waals surface area contributed by atoms with Crippen molar-refractivity contribution >= 4 is 12.0 Å². The van der Waals surface area contributed by atoms with Crippen LogP contribution >= 0.6 is 0 Å². The highest BCUT2D eigenvalue weighted by Crippen LogP contribution is 2.40. The summed E-state index contributed by atoms with van der Waals surface area (Å²) < 4.78 is 0. The summed E-state index contributed by atoms with van der Waals surface area (Å²) in [5, 5.41) is 0. The van der Waals surface area contributed by atoms with E-state index in [4.69, 9.17) is 0 Å². The van der Waals surface area contributed by atoms with Gasteiger partial charge in [-0.1, -0.05) is 38.0 Å². The fourth-order valence-electron chi connectivity index (χ4n) is 4.30. The van der Waals surface area contributed by atoms with Crippen molar-refractivity contribution in [2.75, 3.05) is 18.0 Å². The highest BCUT2D eigenvalue weighted by molar-refractivity contribution is 5.63. The molecule has 0 amide bonds. The summed E-state index contributed by atoms with van der Waals surface area (Å²) in [7, 11) is 0. The van der Waals surface area contributed by atoms with E-state index in [0.29, 0.717) is 5.92 Å². The first kappa shape index (κ1) is 14.6. The Morgan fingerprint density at radius 3 is 2.95 bits per heavy atom. The lowest BCUT2D eigenvalue weighted by Crippen LogP contribution is -2.42. The third-order valence-corrected chi connectivity index (χ3v) is 5.34. The first-order valence-corrected chi connectivity index (χ1v) is 8.52. The van der Waals surface area contributed by atoms with Crippen LogP contribution in [0.1, 0.15) is 51.0 Å². The lowest BCUT2D eigenvalue weighted by Gasteiger charge is -2.40. The standard InChI is InChI=1S/C19H27NO/c1-16-7-6-11-19(13-16,15-21)14-20-12-5-4-9-17-8-2-3-10-18(17)20/h2-3,8,10,15-16H,4-7,9,11-14H2,1H3. The highest BCUT2D eigenvalue weighted by Gasteiger charge is 2.37. The van der Waals surface area contributed by atoms with Crippen LogP contribution in [0.5, 0.6) is 0 Å². The second-order valence-electron chi connectivity index (χ2n) is 7.19. The molecule has 114 valence electrons. The maximum absolute atomic E-state index is 11.9. The zero-order valence-corrected chi connectivity index (χ0v) is 13.2. The third kappa shape index (κ3) is 3.14. The van der Waals surface area contributed by atoms with E-state index in [9.17, 15) is 4.79 Å². The van der Waals surface area contributed by atoms with E-state index in [1.165, 1.54) is 49.6 Å². The number of hydrogen-bond acceptors (Lipinski definition) is 2. The quantitative estimate of drug-likeness (QED) is 0.775. The lowest BCUT2D eigenvalue weighted by molar-refractivity contribution is -0.118. The average Bonchev–Trinajstić information content (AvgIpc) is 2.70. The Labute approximate surface area is 128 Å². The highest BCUT2D eigenvalue weighted by atomic mass is 16.1. The minimum Gasteiger partial charge on any atom is -0.370 e. The fourth-order valence-corrected chi connectivity index (χ4v) is 4.30. The van der Waals surface area contributed by atoms with Gasteiger partial charge in [-0.05, 0) is 49.7 Å². The zero-order valence-electron chi connectivity index (χ0n) is 13.2. The molecule has 0 aromatic heterocycles. The minimum atomic E-state index is -0.116. The monoisotopic (exact) mass is 285 g/mol. The molecular formula is C19H27NO. The average molecular weight is 285 g/mol. The van der Waals surface area contributed by atoms with Crippen LogP contribution in [0.2, 0.25) is 0 Å². The van der Waals surface area contributed by atoms with Crippen LogP contribution in [0.4, 0.5) is 5.69 Å². The number of nitrogens with zero attached hydrogens (tertiary/aromatic N) is 1. The van der Waals surface area contributed by atoms with Crippen LogP contribution in [0.25, 0.3) is 0 Å². The van der Waals surface area contributed by atoms with Crippen LogP contribution < -0.4 is 4.90 Å². The fraction of sp³-hybridized carbons (Fsp3) is 0.632. The Kier molecular flexibility index (Phi) is 4.32. The van der Waals surface area contributed by atoms with Gasteiger partial charge in [-0.25, -0.2) is 0 Å². The van der Waals surface area contributed by atoms with E-state index in [1.807, 2.05) is 0 Å². The molecular weight excluding hydrogens is 258 g/mol. The van der Waals surface area contributed by atoms with Crippen LogP contribution in [0, 0.1) is 11.3 Å². The van der Waals surface area contributed by atoms with E-state index >= 15 is 0 Å². The predicted molar refractivity (Wildman–Crippen MR) is 87.7 cm³/mol. The summed E-state index contributed by atoms with van der Waals surface area (Å²) in [5.41, 5.74) is 2.71. The number of carbonyl (C=O) groups excluding carboxylic acids is 1. The Balaban J connectivity index is 1.84. The number of aldehydes is 1. The number of benzene rings is 1. The van der Waals surface area contributed by atoms with Gasteiger partial charge in [0.25, 0.3) is 0 Å². The number of para-hydroxylation sites is 1. The zero-order chi connectivity index (χ0) is 14.7. The topological polar surface area (TPSA) is 20.3 Å². The van der Waals surface area contributed by atoms with Crippen LogP contribution in [0.3, 0.4) is 0 Å². The second kappa shape index (κ2) is 6.21. The molecule has 0 spiro atoms. The van der Waals surface area contributed by atoms with Crippen LogP contribution in [0.15, 0.2) is 24.3 Å². The molecule has 1 aromatic carbocycles. The molecule has 1 heterocycles. The molecule has 0 bridgehead atoms. The van der Waals surface area contributed by atoms with Crippen LogP contribution in [-0.4, -0.2) is 19.4 Å². The molecule has 1 aliphatic heterocycles. The molecule has 1 saturated carbocycles. The Hall–Kier alpha value is -1.31. The summed E-state index contributed by atoms with van der Waals surface area (Å²) in [4.78, 5) is 14.4. The summed E-state index contributed by atoms with van der Waals surface area (Å²) in [6, 6.07) is 8.77. The number of rotatable bonds is 3. The first-order valence-electron chi connectivity index (χ1n) is 8.52. The molecule has 0 saturated heterocycles. The van der Waals surface area contributed by atoms with E-state index in [1.54, 1.807) is 0 Å². The summed E-state index contributed by atoms with van der Waals surface area (Å²) in [6.45, 7) is 4.31. The largest absolute Gasteiger partial charge is 0.370 e. The van der Waals surface area contributed by atoms with Crippen molar-refractivity contribution in [1.82, 2.24) is 0 Å². The number of fused-ring (bicyclic) bond motifs is 1. The van der Waals surface area contributed by atoms with E-state index in [-0.39, 0.29) is 5.41 Å². The van der Waals surface area contributed by atoms with Gasteiger partial charge >= 0.3 is 0 Å². The maximum atomic E-state index is 11.9. The molecule has 2 atom stereocenters. The Morgan fingerprint density at radius 2 is 2.14 bits per heavy atom. The lowest BCUT2D eigenvalue weighted by atomic mass is 9.70. The second-order valence-corrected chi connectivity index (χ2v) is 7.19. The molecule has 0 radical (unpaired) electrons. The van der Waals surface area contributed by atoms with Crippen LogP contribution in [-0.2, 0) is 11.2 Å². The van der Waals surface area contributed by atoms with E-state index in [0.717, 1.165) is 25.9 Å². The van der Waals surface area contributed by atoms with E-state index < -0.39 is 0 Å². The number of aryl methyl sites for hydroxylation is 1. The van der Waals surface area contributed by atoms with Gasteiger partial charge < -0.3 is 9.69 Å². The third-order valence-electron chi connectivity index (χ3n) is 5.34. The molecule has 2 unspecified atom stereocenters. The molecule has 3 rings (SSSR count). The molecule has 2 heteroatoms. The van der Waals surface area contributed by atoms with Crippen molar-refractivity contribution in [2.24, 2.45) is 11.3 Å². The number of carbonyl (C=O) groups is 1. The van der Waals surface area contributed by atoms with Gasteiger partial charge in [-0.2, -0.15) is 0 Å². The molecule has 2 aliphatic rings. The molecule has 21 heavy (non-hydrogen) atoms. The number of anilines is 1. The normalized spacial score (nSPS) is 29.6. The summed E-state index contributed by atoms with van der Waals surface area (Å²) in [5.74, 6) is 0.686. The molecule has 1 fully saturated rings. The summed E-state index contributed by atoms with van der Waals surface area (Å²) >= 11 is 0. The van der Waals surface area contributed by atoms with Gasteiger partial charge in [-0.15, -0.1) is 0 Å². The Morgan fingerprint density at radius 1 is 1.29 bits per heavy atom. The van der Waals surface area contributed by atoms with Crippen molar-refractivity contribution in [2.45, 2.75) is 51.9 Å². The predicted octanol–water partition coefficient (Wildman–Crippen LogP) is 4.22. The number of hydrogen-bond donors (Lipinski definition) is 0.